The topological polar surface area (TPSA) is 88.8 Å². The number of carbonyl (C=O) groups excluding carboxylic acids is 1. The molecule has 0 unspecified atom stereocenters. The fourth-order valence-corrected chi connectivity index (χ4v) is 1.86. The number of amides is 1. The van der Waals surface area contributed by atoms with E-state index in [9.17, 15) is 4.79 Å². The summed E-state index contributed by atoms with van der Waals surface area (Å²) < 4.78 is 0. The summed E-state index contributed by atoms with van der Waals surface area (Å²) in [5.74, 6) is 0.200. The van der Waals surface area contributed by atoms with Crippen molar-refractivity contribution in [2.75, 3.05) is 24.3 Å². The van der Waals surface area contributed by atoms with Crippen LogP contribution < -0.4 is 10.2 Å². The average Bonchev–Trinajstić information content (AvgIpc) is 3.06. The van der Waals surface area contributed by atoms with Crippen molar-refractivity contribution in [1.82, 2.24) is 25.0 Å². The Morgan fingerprint density at radius 2 is 1.78 bits per heavy atom. The summed E-state index contributed by atoms with van der Waals surface area (Å²) >= 11 is 0. The third kappa shape index (κ3) is 3.31. The van der Waals surface area contributed by atoms with Crippen LogP contribution in [0.5, 0.6) is 0 Å². The second-order valence-corrected chi connectivity index (χ2v) is 4.98. The molecular weight excluding hydrogens is 294 g/mol. The van der Waals surface area contributed by atoms with Crippen molar-refractivity contribution >= 4 is 17.5 Å². The number of anilines is 2. The molecule has 0 atom stereocenters. The second-order valence-electron chi connectivity index (χ2n) is 4.98. The first-order valence-corrected chi connectivity index (χ1v) is 6.92. The van der Waals surface area contributed by atoms with Gasteiger partial charge in [-0.2, -0.15) is 9.90 Å². The van der Waals surface area contributed by atoms with Crippen molar-refractivity contribution < 1.29 is 4.79 Å². The zero-order valence-electron chi connectivity index (χ0n) is 12.7. The standard InChI is InChI=1S/C15H15N7O/c1-21(2)15-16-8-11(9-17-15)19-14(23)13-10-18-22(20-13)12-6-4-3-5-7-12/h3-10H,1-2H3,(H,19,23). The Balaban J connectivity index is 1.72. The lowest BCUT2D eigenvalue weighted by Crippen LogP contribution is -2.15. The van der Waals surface area contributed by atoms with Gasteiger partial charge in [-0.3, -0.25) is 4.79 Å². The minimum absolute atomic E-state index is 0.213. The molecule has 0 fully saturated rings. The van der Waals surface area contributed by atoms with Crippen molar-refractivity contribution in [2.24, 2.45) is 0 Å². The first-order valence-electron chi connectivity index (χ1n) is 6.92. The Bertz CT molecular complexity index is 796. The lowest BCUT2D eigenvalue weighted by Gasteiger charge is -2.09. The predicted molar refractivity (Wildman–Crippen MR) is 85.7 cm³/mol. The zero-order chi connectivity index (χ0) is 16.2. The molecule has 0 aliphatic carbocycles. The first kappa shape index (κ1) is 14.6. The Kier molecular flexibility index (Phi) is 3.96. The highest BCUT2D eigenvalue weighted by atomic mass is 16.2. The van der Waals surface area contributed by atoms with Gasteiger partial charge in [0.2, 0.25) is 5.95 Å². The molecule has 0 bridgehead atoms. The number of benzene rings is 1. The van der Waals surface area contributed by atoms with E-state index in [1.54, 1.807) is 17.3 Å². The quantitative estimate of drug-likeness (QED) is 0.783. The van der Waals surface area contributed by atoms with Crippen LogP contribution >= 0.6 is 0 Å². The molecule has 1 N–H and O–H groups in total. The molecule has 1 amide bonds. The van der Waals surface area contributed by atoms with Crippen LogP contribution in [0.25, 0.3) is 5.69 Å². The molecule has 0 aliphatic rings. The van der Waals surface area contributed by atoms with Crippen LogP contribution in [0.1, 0.15) is 10.5 Å². The number of para-hydroxylation sites is 1. The van der Waals surface area contributed by atoms with Gasteiger partial charge in [0.1, 0.15) is 0 Å². The van der Waals surface area contributed by atoms with Crippen LogP contribution in [-0.4, -0.2) is 45.0 Å². The number of hydrogen-bond acceptors (Lipinski definition) is 6. The summed E-state index contributed by atoms with van der Waals surface area (Å²) in [4.78, 5) is 23.6. The smallest absolute Gasteiger partial charge is 0.277 e. The summed E-state index contributed by atoms with van der Waals surface area (Å²) in [5, 5.41) is 11.0. The van der Waals surface area contributed by atoms with Gasteiger partial charge < -0.3 is 10.2 Å². The molecule has 3 aromatic rings. The van der Waals surface area contributed by atoms with Crippen LogP contribution in [0, 0.1) is 0 Å². The predicted octanol–water partition coefficient (Wildman–Crippen LogP) is 1.38. The van der Waals surface area contributed by atoms with Gasteiger partial charge in [0.05, 0.1) is 30.0 Å². The van der Waals surface area contributed by atoms with Gasteiger partial charge >= 0.3 is 0 Å². The lowest BCUT2D eigenvalue weighted by molar-refractivity contribution is 0.102. The fourth-order valence-electron chi connectivity index (χ4n) is 1.86. The van der Waals surface area contributed by atoms with Gasteiger partial charge in [0.15, 0.2) is 5.69 Å². The Labute approximate surface area is 132 Å². The maximum absolute atomic E-state index is 12.2. The van der Waals surface area contributed by atoms with E-state index in [-0.39, 0.29) is 11.6 Å². The summed E-state index contributed by atoms with van der Waals surface area (Å²) in [6.45, 7) is 0. The molecule has 8 heteroatoms. The molecule has 2 aromatic heterocycles. The highest BCUT2D eigenvalue weighted by Crippen LogP contribution is 2.09. The minimum atomic E-state index is -0.367. The Morgan fingerprint density at radius 1 is 1.09 bits per heavy atom. The Hall–Kier alpha value is -3.29. The molecule has 3 rings (SSSR count). The van der Waals surface area contributed by atoms with Crippen LogP contribution in [0.4, 0.5) is 11.6 Å². The van der Waals surface area contributed by atoms with E-state index in [4.69, 9.17) is 0 Å². The second kappa shape index (κ2) is 6.22. The molecule has 8 nitrogen and oxygen atoms in total. The number of aromatic nitrogens is 5. The summed E-state index contributed by atoms with van der Waals surface area (Å²) in [5.41, 5.74) is 1.49. The maximum Gasteiger partial charge on any atom is 0.277 e. The van der Waals surface area contributed by atoms with Crippen LogP contribution in [0.2, 0.25) is 0 Å². The molecule has 0 spiro atoms. The molecule has 0 saturated carbocycles. The summed E-state index contributed by atoms with van der Waals surface area (Å²) in [6.07, 6.45) is 4.50. The molecule has 116 valence electrons. The van der Waals surface area contributed by atoms with Gasteiger partial charge in [-0.1, -0.05) is 18.2 Å². The fraction of sp³-hybridized carbons (Fsp3) is 0.133. The van der Waals surface area contributed by atoms with E-state index in [2.05, 4.69) is 25.5 Å². The number of hydrogen-bond donors (Lipinski definition) is 1. The van der Waals surface area contributed by atoms with E-state index in [0.717, 1.165) is 5.69 Å². The average molecular weight is 309 g/mol. The molecule has 23 heavy (non-hydrogen) atoms. The molecule has 2 heterocycles. The van der Waals surface area contributed by atoms with Gasteiger partial charge in [-0.25, -0.2) is 9.97 Å². The van der Waals surface area contributed by atoms with E-state index in [0.29, 0.717) is 11.6 Å². The van der Waals surface area contributed by atoms with Crippen molar-refractivity contribution in [3.8, 4) is 5.69 Å². The molecule has 0 radical (unpaired) electrons. The van der Waals surface area contributed by atoms with Gasteiger partial charge in [-0.15, -0.1) is 5.10 Å². The van der Waals surface area contributed by atoms with Crippen LogP contribution in [0.15, 0.2) is 48.9 Å². The van der Waals surface area contributed by atoms with Gasteiger partial charge in [0, 0.05) is 14.1 Å². The van der Waals surface area contributed by atoms with Gasteiger partial charge in [-0.05, 0) is 12.1 Å². The number of nitrogens with zero attached hydrogens (tertiary/aromatic N) is 6. The summed E-state index contributed by atoms with van der Waals surface area (Å²) in [6, 6.07) is 9.37. The number of nitrogens with one attached hydrogen (secondary N) is 1. The largest absolute Gasteiger partial charge is 0.347 e. The van der Waals surface area contributed by atoms with Crippen LogP contribution in [-0.2, 0) is 0 Å². The number of carbonyl (C=O) groups is 1. The third-order valence-corrected chi connectivity index (χ3v) is 3.01. The third-order valence-electron chi connectivity index (χ3n) is 3.01. The summed E-state index contributed by atoms with van der Waals surface area (Å²) in [7, 11) is 3.69. The highest BCUT2D eigenvalue weighted by Gasteiger charge is 2.12. The minimum Gasteiger partial charge on any atom is -0.347 e. The van der Waals surface area contributed by atoms with E-state index in [1.165, 1.54) is 11.0 Å². The van der Waals surface area contributed by atoms with E-state index in [1.807, 2.05) is 44.4 Å². The monoisotopic (exact) mass is 309 g/mol. The molecular formula is C15H15N7O. The van der Waals surface area contributed by atoms with E-state index >= 15 is 0 Å². The SMILES string of the molecule is CN(C)c1ncc(NC(=O)c2cnn(-c3ccccc3)n2)cn1. The Morgan fingerprint density at radius 3 is 2.43 bits per heavy atom. The number of rotatable bonds is 4. The molecule has 0 saturated heterocycles. The zero-order valence-corrected chi connectivity index (χ0v) is 12.7. The van der Waals surface area contributed by atoms with Crippen molar-refractivity contribution in [1.29, 1.82) is 0 Å². The van der Waals surface area contributed by atoms with Gasteiger partial charge in [0.25, 0.3) is 5.91 Å². The van der Waals surface area contributed by atoms with Crippen LogP contribution in [0.3, 0.4) is 0 Å². The van der Waals surface area contributed by atoms with Crippen molar-refractivity contribution in [2.45, 2.75) is 0 Å². The van der Waals surface area contributed by atoms with Crippen molar-refractivity contribution in [3.05, 3.63) is 54.6 Å². The molecule has 0 aliphatic heterocycles. The van der Waals surface area contributed by atoms with Crippen molar-refractivity contribution in [3.63, 3.8) is 0 Å². The maximum atomic E-state index is 12.2. The normalized spacial score (nSPS) is 10.3. The molecule has 1 aromatic carbocycles. The lowest BCUT2D eigenvalue weighted by atomic mass is 10.3. The van der Waals surface area contributed by atoms with E-state index < -0.39 is 0 Å². The first-order chi connectivity index (χ1) is 11.1. The highest BCUT2D eigenvalue weighted by molar-refractivity contribution is 6.02.